The maximum atomic E-state index is 11.8. The number of rotatable bonds is 3. The predicted octanol–water partition coefficient (Wildman–Crippen LogP) is 4.07. The fraction of sp³-hybridized carbons (Fsp3) is 0.235. The number of fused-ring (bicyclic) bond motifs is 1. The van der Waals surface area contributed by atoms with Gasteiger partial charge in [0.05, 0.1) is 12.0 Å². The molecule has 0 spiro atoms. The highest BCUT2D eigenvalue weighted by atomic mass is 32.2. The Hall–Kier alpha value is -1.92. The summed E-state index contributed by atoms with van der Waals surface area (Å²) >= 11 is 3.09. The number of aromatic nitrogens is 2. The van der Waals surface area contributed by atoms with E-state index in [9.17, 15) is 4.79 Å². The van der Waals surface area contributed by atoms with Crippen LogP contribution < -0.4 is 0 Å². The molecule has 1 atom stereocenters. The summed E-state index contributed by atoms with van der Waals surface area (Å²) in [5.41, 5.74) is 3.50. The quantitative estimate of drug-likeness (QED) is 0.530. The Morgan fingerprint density at radius 2 is 2.09 bits per heavy atom. The molecule has 116 valence electrons. The highest BCUT2D eigenvalue weighted by Crippen LogP contribution is 2.40. The fourth-order valence-corrected chi connectivity index (χ4v) is 4.66. The van der Waals surface area contributed by atoms with Crippen LogP contribution in [0.4, 0.5) is 0 Å². The number of hydrogen-bond donors (Lipinski definition) is 0. The largest absolute Gasteiger partial charge is 0.465 e. The molecule has 1 aliphatic heterocycles. The van der Waals surface area contributed by atoms with E-state index in [1.54, 1.807) is 17.7 Å². The summed E-state index contributed by atoms with van der Waals surface area (Å²) in [6.07, 6.45) is 2.30. The van der Waals surface area contributed by atoms with Gasteiger partial charge in [0.15, 0.2) is 0 Å². The first-order valence-corrected chi connectivity index (χ1v) is 9.11. The van der Waals surface area contributed by atoms with Gasteiger partial charge in [0.25, 0.3) is 0 Å². The number of hydrogen-bond acceptors (Lipinski definition) is 6. The molecule has 23 heavy (non-hydrogen) atoms. The number of benzene rings is 1. The van der Waals surface area contributed by atoms with E-state index >= 15 is 0 Å². The van der Waals surface area contributed by atoms with Gasteiger partial charge in [-0.25, -0.2) is 9.97 Å². The number of cyclic esters (lactones) is 1. The number of esters is 1. The number of thiophene rings is 1. The minimum Gasteiger partial charge on any atom is -0.465 e. The summed E-state index contributed by atoms with van der Waals surface area (Å²) in [4.78, 5) is 21.5. The van der Waals surface area contributed by atoms with E-state index in [1.807, 2.05) is 0 Å². The lowest BCUT2D eigenvalue weighted by molar-refractivity contribution is -0.137. The van der Waals surface area contributed by atoms with Crippen molar-refractivity contribution in [1.29, 1.82) is 0 Å². The Kier molecular flexibility index (Phi) is 3.79. The Bertz CT molecular complexity index is 874. The summed E-state index contributed by atoms with van der Waals surface area (Å²) < 4.78 is 5.06. The molecule has 0 unspecified atom stereocenters. The second-order valence-electron chi connectivity index (χ2n) is 5.44. The second-order valence-corrected chi connectivity index (χ2v) is 7.49. The van der Waals surface area contributed by atoms with E-state index in [2.05, 4.69) is 46.5 Å². The molecule has 1 aliphatic rings. The zero-order valence-electron chi connectivity index (χ0n) is 12.5. The van der Waals surface area contributed by atoms with Crippen LogP contribution in [0, 0.1) is 6.92 Å². The fourth-order valence-electron chi connectivity index (χ4n) is 2.60. The predicted molar refractivity (Wildman–Crippen MR) is 92.8 cm³/mol. The number of carbonyl (C=O) groups excluding carboxylic acids is 1. The standard InChI is InChI=1S/C17H14N2O2S2/c1-10-2-4-11(5-3-10)12-8-22-15-14(12)16(19-9-18-15)23-13-6-7-21-17(13)20/h2-5,8-9,13H,6-7H2,1H3/t13-/m0/s1. The molecule has 0 radical (unpaired) electrons. The van der Waals surface area contributed by atoms with Gasteiger partial charge in [-0.2, -0.15) is 0 Å². The minimum atomic E-state index is -0.168. The Balaban J connectivity index is 1.80. The van der Waals surface area contributed by atoms with Crippen LogP contribution in [-0.4, -0.2) is 27.8 Å². The molecule has 6 heteroatoms. The third kappa shape index (κ3) is 2.72. The smallest absolute Gasteiger partial charge is 0.319 e. The van der Waals surface area contributed by atoms with E-state index in [0.29, 0.717) is 6.61 Å². The molecule has 4 nitrogen and oxygen atoms in total. The third-order valence-electron chi connectivity index (χ3n) is 3.84. The van der Waals surface area contributed by atoms with Crippen LogP contribution in [0.5, 0.6) is 0 Å². The van der Waals surface area contributed by atoms with Crippen molar-refractivity contribution in [2.24, 2.45) is 0 Å². The first-order chi connectivity index (χ1) is 11.2. The highest BCUT2D eigenvalue weighted by molar-refractivity contribution is 8.00. The number of carbonyl (C=O) groups is 1. The number of thioether (sulfide) groups is 1. The van der Waals surface area contributed by atoms with Gasteiger partial charge in [-0.1, -0.05) is 41.6 Å². The molecular formula is C17H14N2O2S2. The van der Waals surface area contributed by atoms with Gasteiger partial charge < -0.3 is 4.74 Å². The molecule has 0 N–H and O–H groups in total. The van der Waals surface area contributed by atoms with E-state index < -0.39 is 0 Å². The van der Waals surface area contributed by atoms with Crippen molar-refractivity contribution in [3.63, 3.8) is 0 Å². The van der Waals surface area contributed by atoms with Crippen LogP contribution in [0.2, 0.25) is 0 Å². The molecule has 2 aromatic heterocycles. The second kappa shape index (κ2) is 5.94. The van der Waals surface area contributed by atoms with E-state index in [4.69, 9.17) is 4.74 Å². The Morgan fingerprint density at radius 1 is 1.26 bits per heavy atom. The Labute approximate surface area is 141 Å². The lowest BCUT2D eigenvalue weighted by Gasteiger charge is -2.08. The van der Waals surface area contributed by atoms with Crippen LogP contribution in [0.25, 0.3) is 21.3 Å². The lowest BCUT2D eigenvalue weighted by atomic mass is 10.1. The van der Waals surface area contributed by atoms with Crippen LogP contribution in [-0.2, 0) is 9.53 Å². The maximum absolute atomic E-state index is 11.8. The van der Waals surface area contributed by atoms with Gasteiger partial charge >= 0.3 is 5.97 Å². The van der Waals surface area contributed by atoms with Gasteiger partial charge in [-0.15, -0.1) is 11.3 Å². The number of nitrogens with zero attached hydrogens (tertiary/aromatic N) is 2. The van der Waals surface area contributed by atoms with Crippen LogP contribution >= 0.6 is 23.1 Å². The van der Waals surface area contributed by atoms with Gasteiger partial charge in [0.1, 0.15) is 21.4 Å². The van der Waals surface area contributed by atoms with Crippen molar-refractivity contribution >= 4 is 39.3 Å². The summed E-state index contributed by atoms with van der Waals surface area (Å²) in [5, 5.41) is 3.83. The van der Waals surface area contributed by atoms with E-state index in [0.717, 1.165) is 32.8 Å². The molecule has 0 amide bonds. The van der Waals surface area contributed by atoms with Gasteiger partial charge in [0, 0.05) is 17.4 Å². The molecule has 0 saturated carbocycles. The Morgan fingerprint density at radius 3 is 2.83 bits per heavy atom. The summed E-state index contributed by atoms with van der Waals surface area (Å²) in [6, 6.07) is 8.43. The molecular weight excluding hydrogens is 328 g/mol. The average molecular weight is 342 g/mol. The van der Waals surface area contributed by atoms with Gasteiger partial charge in [-0.3, -0.25) is 4.79 Å². The van der Waals surface area contributed by atoms with Crippen LogP contribution in [0.1, 0.15) is 12.0 Å². The molecule has 1 saturated heterocycles. The topological polar surface area (TPSA) is 52.1 Å². The lowest BCUT2D eigenvalue weighted by Crippen LogP contribution is -2.09. The average Bonchev–Trinajstić information content (AvgIpc) is 3.16. The summed E-state index contributed by atoms with van der Waals surface area (Å²) in [6.45, 7) is 2.57. The maximum Gasteiger partial charge on any atom is 0.319 e. The van der Waals surface area contributed by atoms with Crippen molar-refractivity contribution in [3.05, 3.63) is 41.5 Å². The van der Waals surface area contributed by atoms with Gasteiger partial charge in [-0.05, 0) is 12.5 Å². The molecule has 1 fully saturated rings. The monoisotopic (exact) mass is 342 g/mol. The first-order valence-electron chi connectivity index (χ1n) is 7.35. The van der Waals surface area contributed by atoms with E-state index in [1.165, 1.54) is 17.3 Å². The zero-order chi connectivity index (χ0) is 15.8. The van der Waals surface area contributed by atoms with Gasteiger partial charge in [0.2, 0.25) is 0 Å². The zero-order valence-corrected chi connectivity index (χ0v) is 14.1. The SMILES string of the molecule is Cc1ccc(-c2csc3ncnc(S[C@H]4CCOC4=O)c23)cc1. The molecule has 3 heterocycles. The van der Waals surface area contributed by atoms with Crippen LogP contribution in [0.15, 0.2) is 41.0 Å². The van der Waals surface area contributed by atoms with Crippen molar-refractivity contribution in [2.75, 3.05) is 6.61 Å². The van der Waals surface area contributed by atoms with E-state index in [-0.39, 0.29) is 11.2 Å². The normalized spacial score (nSPS) is 17.6. The third-order valence-corrected chi connectivity index (χ3v) is 5.97. The first kappa shape index (κ1) is 14.7. The van der Waals surface area contributed by atoms with Crippen LogP contribution in [0.3, 0.4) is 0 Å². The van der Waals surface area contributed by atoms with Crippen molar-refractivity contribution in [1.82, 2.24) is 9.97 Å². The van der Waals surface area contributed by atoms with Crippen molar-refractivity contribution in [2.45, 2.75) is 23.6 Å². The van der Waals surface area contributed by atoms with Crippen molar-refractivity contribution in [3.8, 4) is 11.1 Å². The summed E-state index contributed by atoms with van der Waals surface area (Å²) in [5.74, 6) is -0.145. The molecule has 3 aromatic rings. The minimum absolute atomic E-state index is 0.145. The number of ether oxygens (including phenoxy) is 1. The highest BCUT2D eigenvalue weighted by Gasteiger charge is 2.29. The number of aryl methyl sites for hydroxylation is 1. The molecule has 1 aromatic carbocycles. The summed E-state index contributed by atoms with van der Waals surface area (Å²) in [7, 11) is 0. The molecule has 0 bridgehead atoms. The molecule has 0 aliphatic carbocycles. The molecule has 4 rings (SSSR count). The van der Waals surface area contributed by atoms with Crippen molar-refractivity contribution < 1.29 is 9.53 Å².